The molecule has 0 radical (unpaired) electrons. The van der Waals surface area contributed by atoms with Gasteiger partial charge in [-0.3, -0.25) is 0 Å². The zero-order valence-corrected chi connectivity index (χ0v) is 13.4. The first-order chi connectivity index (χ1) is 10.2. The first-order valence-corrected chi connectivity index (χ1v) is 8.65. The summed E-state index contributed by atoms with van der Waals surface area (Å²) >= 11 is 0. The standard InChI is InChI=1S/C19H29NO/c1-2-21-17-9-7-16(8-10-17)19(15-20)13-18(14-19)11-5-3-4-6-12-18/h7-10H,2-6,11-15,20H2,1H3. The summed E-state index contributed by atoms with van der Waals surface area (Å²) in [6.45, 7) is 3.53. The Balaban J connectivity index is 1.73. The zero-order valence-electron chi connectivity index (χ0n) is 13.4. The average molecular weight is 287 g/mol. The summed E-state index contributed by atoms with van der Waals surface area (Å²) in [5.41, 5.74) is 8.45. The summed E-state index contributed by atoms with van der Waals surface area (Å²) in [6, 6.07) is 8.69. The molecule has 2 saturated carbocycles. The van der Waals surface area contributed by atoms with Gasteiger partial charge < -0.3 is 10.5 Å². The van der Waals surface area contributed by atoms with Gasteiger partial charge in [-0.25, -0.2) is 0 Å². The van der Waals surface area contributed by atoms with E-state index < -0.39 is 0 Å². The van der Waals surface area contributed by atoms with Gasteiger partial charge in [0.1, 0.15) is 5.75 Å². The third-order valence-corrected chi connectivity index (χ3v) is 5.76. The van der Waals surface area contributed by atoms with Crippen molar-refractivity contribution in [1.82, 2.24) is 0 Å². The Bertz CT molecular complexity index is 449. The predicted molar refractivity (Wildman–Crippen MR) is 87.7 cm³/mol. The van der Waals surface area contributed by atoms with Gasteiger partial charge in [-0.15, -0.1) is 0 Å². The van der Waals surface area contributed by atoms with Crippen molar-refractivity contribution in [1.29, 1.82) is 0 Å². The van der Waals surface area contributed by atoms with Gasteiger partial charge in [-0.2, -0.15) is 0 Å². The van der Waals surface area contributed by atoms with Crippen molar-refractivity contribution >= 4 is 0 Å². The molecule has 1 aromatic rings. The van der Waals surface area contributed by atoms with Crippen LogP contribution in [0.5, 0.6) is 5.75 Å². The normalized spacial score (nSPS) is 23.3. The van der Waals surface area contributed by atoms with Crippen molar-refractivity contribution in [2.45, 2.75) is 63.7 Å². The van der Waals surface area contributed by atoms with Gasteiger partial charge in [-0.1, -0.05) is 37.8 Å². The molecule has 2 nitrogen and oxygen atoms in total. The molecule has 116 valence electrons. The molecule has 2 N–H and O–H groups in total. The van der Waals surface area contributed by atoms with E-state index in [2.05, 4.69) is 24.3 Å². The van der Waals surface area contributed by atoms with E-state index in [-0.39, 0.29) is 5.41 Å². The molecule has 2 aliphatic carbocycles. The van der Waals surface area contributed by atoms with E-state index in [1.54, 1.807) is 0 Å². The second-order valence-corrected chi connectivity index (χ2v) is 7.21. The zero-order chi connectivity index (χ0) is 14.8. The largest absolute Gasteiger partial charge is 0.494 e. The molecule has 0 aromatic heterocycles. The monoisotopic (exact) mass is 287 g/mol. The second-order valence-electron chi connectivity index (χ2n) is 7.21. The highest BCUT2D eigenvalue weighted by Gasteiger charge is 2.53. The molecular weight excluding hydrogens is 258 g/mol. The Morgan fingerprint density at radius 2 is 1.62 bits per heavy atom. The van der Waals surface area contributed by atoms with Crippen LogP contribution in [0.1, 0.15) is 63.9 Å². The van der Waals surface area contributed by atoms with Gasteiger partial charge in [0, 0.05) is 12.0 Å². The van der Waals surface area contributed by atoms with Crippen molar-refractivity contribution in [3.8, 4) is 5.75 Å². The van der Waals surface area contributed by atoms with Crippen molar-refractivity contribution in [3.63, 3.8) is 0 Å². The van der Waals surface area contributed by atoms with Crippen LogP contribution in [0.2, 0.25) is 0 Å². The van der Waals surface area contributed by atoms with E-state index in [4.69, 9.17) is 10.5 Å². The second kappa shape index (κ2) is 6.00. The van der Waals surface area contributed by atoms with Gasteiger partial charge in [0.15, 0.2) is 0 Å². The maximum absolute atomic E-state index is 6.20. The number of ether oxygens (including phenoxy) is 1. The Labute approximate surface area is 129 Å². The van der Waals surface area contributed by atoms with Gasteiger partial charge in [0.25, 0.3) is 0 Å². The summed E-state index contributed by atoms with van der Waals surface area (Å²) < 4.78 is 5.55. The molecule has 0 saturated heterocycles. The fraction of sp³-hybridized carbons (Fsp3) is 0.684. The highest BCUT2D eigenvalue weighted by Crippen LogP contribution is 2.60. The molecule has 0 aliphatic heterocycles. The Hall–Kier alpha value is -1.02. The van der Waals surface area contributed by atoms with Gasteiger partial charge in [0.2, 0.25) is 0 Å². The molecule has 2 heteroatoms. The molecular formula is C19H29NO. The lowest BCUT2D eigenvalue weighted by atomic mass is 9.48. The number of rotatable bonds is 4. The third kappa shape index (κ3) is 2.83. The van der Waals surface area contributed by atoms with Crippen LogP contribution < -0.4 is 10.5 Å². The fourth-order valence-electron chi connectivity index (χ4n) is 4.75. The van der Waals surface area contributed by atoms with E-state index >= 15 is 0 Å². The van der Waals surface area contributed by atoms with E-state index in [0.29, 0.717) is 5.41 Å². The molecule has 2 fully saturated rings. The minimum absolute atomic E-state index is 0.231. The molecule has 0 amide bonds. The lowest BCUT2D eigenvalue weighted by Gasteiger charge is -2.57. The van der Waals surface area contributed by atoms with Gasteiger partial charge in [-0.05, 0) is 55.7 Å². The lowest BCUT2D eigenvalue weighted by Crippen LogP contribution is -2.53. The smallest absolute Gasteiger partial charge is 0.119 e. The summed E-state index contributed by atoms with van der Waals surface area (Å²) in [4.78, 5) is 0. The van der Waals surface area contributed by atoms with E-state index in [9.17, 15) is 0 Å². The predicted octanol–water partition coefficient (Wildman–Crippen LogP) is 4.42. The molecule has 0 heterocycles. The van der Waals surface area contributed by atoms with Gasteiger partial charge >= 0.3 is 0 Å². The first kappa shape index (κ1) is 14.9. The summed E-state index contributed by atoms with van der Waals surface area (Å²) in [6.07, 6.45) is 11.1. The summed E-state index contributed by atoms with van der Waals surface area (Å²) in [5, 5.41) is 0. The topological polar surface area (TPSA) is 35.2 Å². The molecule has 0 unspecified atom stereocenters. The molecule has 21 heavy (non-hydrogen) atoms. The minimum Gasteiger partial charge on any atom is -0.494 e. The van der Waals surface area contributed by atoms with Crippen LogP contribution in [0.4, 0.5) is 0 Å². The molecule has 0 bridgehead atoms. The summed E-state index contributed by atoms with van der Waals surface area (Å²) in [7, 11) is 0. The number of benzene rings is 1. The number of hydrogen-bond acceptors (Lipinski definition) is 2. The maximum atomic E-state index is 6.20. The van der Waals surface area contributed by atoms with Crippen LogP contribution in [0.15, 0.2) is 24.3 Å². The van der Waals surface area contributed by atoms with Crippen molar-refractivity contribution < 1.29 is 4.74 Å². The number of hydrogen-bond donors (Lipinski definition) is 1. The van der Waals surface area contributed by atoms with Crippen molar-refractivity contribution in [2.24, 2.45) is 11.1 Å². The first-order valence-electron chi connectivity index (χ1n) is 8.65. The lowest BCUT2D eigenvalue weighted by molar-refractivity contribution is 0.0112. The molecule has 2 aliphatic rings. The Morgan fingerprint density at radius 1 is 1.00 bits per heavy atom. The highest BCUT2D eigenvalue weighted by atomic mass is 16.5. The van der Waals surface area contributed by atoms with Crippen LogP contribution in [-0.4, -0.2) is 13.2 Å². The van der Waals surface area contributed by atoms with E-state index in [1.165, 1.54) is 56.9 Å². The highest BCUT2D eigenvalue weighted by molar-refractivity contribution is 5.36. The van der Waals surface area contributed by atoms with Crippen molar-refractivity contribution in [2.75, 3.05) is 13.2 Å². The van der Waals surface area contributed by atoms with Gasteiger partial charge in [0.05, 0.1) is 6.61 Å². The summed E-state index contributed by atoms with van der Waals surface area (Å²) in [5.74, 6) is 0.969. The Morgan fingerprint density at radius 3 is 2.14 bits per heavy atom. The van der Waals surface area contributed by atoms with Crippen LogP contribution in [0.25, 0.3) is 0 Å². The molecule has 3 rings (SSSR count). The molecule has 1 aromatic carbocycles. The van der Waals surface area contributed by atoms with Crippen molar-refractivity contribution in [3.05, 3.63) is 29.8 Å². The Kier molecular flexibility index (Phi) is 4.26. The number of nitrogens with two attached hydrogens (primary N) is 1. The SMILES string of the molecule is CCOc1ccc(C2(CN)CC3(CCCCCC3)C2)cc1. The fourth-order valence-corrected chi connectivity index (χ4v) is 4.75. The average Bonchev–Trinajstić information content (AvgIpc) is 2.72. The quantitative estimate of drug-likeness (QED) is 0.890. The molecule has 1 spiro atoms. The van der Waals surface area contributed by atoms with E-state index in [1.807, 2.05) is 6.92 Å². The third-order valence-electron chi connectivity index (χ3n) is 5.76. The van der Waals surface area contributed by atoms with Crippen LogP contribution in [-0.2, 0) is 5.41 Å². The van der Waals surface area contributed by atoms with E-state index in [0.717, 1.165) is 18.9 Å². The minimum atomic E-state index is 0.231. The van der Waals surface area contributed by atoms with Crippen LogP contribution >= 0.6 is 0 Å². The van der Waals surface area contributed by atoms with Crippen LogP contribution in [0.3, 0.4) is 0 Å². The van der Waals surface area contributed by atoms with Crippen LogP contribution in [0, 0.1) is 5.41 Å². The maximum Gasteiger partial charge on any atom is 0.119 e. The molecule has 0 atom stereocenters.